The molecule has 1 aromatic carbocycles. The predicted octanol–water partition coefficient (Wildman–Crippen LogP) is 2.96. The second kappa shape index (κ2) is 7.32. The van der Waals surface area contributed by atoms with Crippen LogP contribution in [0.15, 0.2) is 12.1 Å². The molecule has 4 rings (SSSR count). The third kappa shape index (κ3) is 3.24. The number of nitrogens with zero attached hydrogens (tertiary/aromatic N) is 3. The van der Waals surface area contributed by atoms with Crippen LogP contribution in [0.2, 0.25) is 0 Å². The van der Waals surface area contributed by atoms with Crippen LogP contribution in [-0.4, -0.2) is 47.7 Å². The minimum absolute atomic E-state index is 0.0357. The minimum Gasteiger partial charge on any atom is -0.393 e. The summed E-state index contributed by atoms with van der Waals surface area (Å²) in [6.45, 7) is 1.57. The summed E-state index contributed by atoms with van der Waals surface area (Å²) in [7, 11) is 0. The first-order chi connectivity index (χ1) is 13.4. The van der Waals surface area contributed by atoms with E-state index in [4.69, 9.17) is 5.26 Å². The maximum absolute atomic E-state index is 14.3. The Morgan fingerprint density at radius 2 is 1.61 bits per heavy atom. The molecule has 3 aliphatic rings. The first-order valence-corrected chi connectivity index (χ1v) is 10.1. The number of hydrogen-bond acceptors (Lipinski definition) is 4. The Labute approximate surface area is 163 Å². The smallest absolute Gasteiger partial charge is 0.229 e. The van der Waals surface area contributed by atoms with E-state index in [0.29, 0.717) is 25.9 Å². The van der Waals surface area contributed by atoms with E-state index in [1.54, 1.807) is 11.0 Å². The zero-order valence-electron chi connectivity index (χ0n) is 15.8. The van der Waals surface area contributed by atoms with Crippen molar-refractivity contribution in [1.29, 1.82) is 5.26 Å². The van der Waals surface area contributed by atoms with Crippen LogP contribution < -0.4 is 4.90 Å². The first kappa shape index (κ1) is 19.1. The first-order valence-electron chi connectivity index (χ1n) is 10.1. The number of amides is 1. The largest absolute Gasteiger partial charge is 0.393 e. The number of benzene rings is 1. The lowest BCUT2D eigenvalue weighted by Gasteiger charge is -2.40. The molecule has 0 aromatic heterocycles. The number of anilines is 1. The van der Waals surface area contributed by atoms with E-state index in [0.717, 1.165) is 50.8 Å². The van der Waals surface area contributed by atoms with Crippen LogP contribution in [0.25, 0.3) is 0 Å². The fraction of sp³-hybridized carbons (Fsp3) is 0.619. The summed E-state index contributed by atoms with van der Waals surface area (Å²) < 4.78 is 28.7. The van der Waals surface area contributed by atoms with Gasteiger partial charge in [-0.3, -0.25) is 4.79 Å². The van der Waals surface area contributed by atoms with Gasteiger partial charge in [0.2, 0.25) is 5.91 Å². The second-order valence-corrected chi connectivity index (χ2v) is 8.38. The Morgan fingerprint density at radius 3 is 2.18 bits per heavy atom. The number of carbonyl (C=O) groups excluding carboxylic acids is 1. The monoisotopic (exact) mass is 389 g/mol. The minimum atomic E-state index is -0.729. The summed E-state index contributed by atoms with van der Waals surface area (Å²) in [5, 5.41) is 18.6. The van der Waals surface area contributed by atoms with Crippen LogP contribution >= 0.6 is 0 Å². The van der Waals surface area contributed by atoms with Gasteiger partial charge in [0.15, 0.2) is 11.6 Å². The average Bonchev–Trinajstić information content (AvgIpc) is 2.99. The van der Waals surface area contributed by atoms with Gasteiger partial charge in [0.25, 0.3) is 0 Å². The van der Waals surface area contributed by atoms with Crippen molar-refractivity contribution in [3.8, 4) is 6.07 Å². The summed E-state index contributed by atoms with van der Waals surface area (Å²) in [6.07, 6.45) is 4.87. The summed E-state index contributed by atoms with van der Waals surface area (Å²) >= 11 is 0. The summed E-state index contributed by atoms with van der Waals surface area (Å²) in [6, 6.07) is 4.09. The highest BCUT2D eigenvalue weighted by Gasteiger charge is 2.50. The third-order valence-electron chi connectivity index (χ3n) is 6.84. The van der Waals surface area contributed by atoms with Crippen LogP contribution in [0, 0.1) is 28.4 Å². The molecule has 1 aliphatic carbocycles. The summed E-state index contributed by atoms with van der Waals surface area (Å²) in [5.41, 5.74) is -0.560. The van der Waals surface area contributed by atoms with Gasteiger partial charge in [0.1, 0.15) is 5.69 Å². The molecule has 3 fully saturated rings. The molecule has 1 aromatic rings. The number of carbonyl (C=O) groups is 1. The normalized spacial score (nSPS) is 27.3. The molecule has 7 heteroatoms. The zero-order valence-corrected chi connectivity index (χ0v) is 15.8. The molecule has 1 spiro atoms. The zero-order chi connectivity index (χ0) is 19.9. The molecular weight excluding hydrogens is 364 g/mol. The number of aliphatic hydroxyl groups excluding tert-OH is 1. The molecule has 2 heterocycles. The SMILES string of the molecule is N#Cc1cc(F)c(N2CCC3(CC2)CCN([C@H]2CC[C@@H](O)CC2)C3=O)c(F)c1. The molecular formula is C21H25F2N3O2. The van der Waals surface area contributed by atoms with Crippen molar-refractivity contribution >= 4 is 11.6 Å². The fourth-order valence-corrected chi connectivity index (χ4v) is 5.12. The van der Waals surface area contributed by atoms with E-state index in [2.05, 4.69) is 0 Å². The molecule has 0 atom stereocenters. The van der Waals surface area contributed by atoms with Crippen LogP contribution in [0.1, 0.15) is 50.5 Å². The van der Waals surface area contributed by atoms with Gasteiger partial charge < -0.3 is 14.9 Å². The number of likely N-dealkylation sites (tertiary alicyclic amines) is 1. The third-order valence-corrected chi connectivity index (χ3v) is 6.84. The summed E-state index contributed by atoms with van der Waals surface area (Å²) in [4.78, 5) is 16.8. The molecule has 0 bridgehead atoms. The van der Waals surface area contributed by atoms with Gasteiger partial charge in [0.05, 0.1) is 23.2 Å². The molecule has 0 radical (unpaired) electrons. The van der Waals surface area contributed by atoms with E-state index >= 15 is 0 Å². The average molecular weight is 389 g/mol. The lowest BCUT2D eigenvalue weighted by Crippen LogP contribution is -2.47. The van der Waals surface area contributed by atoms with Gasteiger partial charge >= 0.3 is 0 Å². The van der Waals surface area contributed by atoms with E-state index < -0.39 is 17.0 Å². The number of hydrogen-bond donors (Lipinski definition) is 1. The number of aliphatic hydroxyl groups is 1. The standard InChI is InChI=1S/C21H25F2N3O2/c22-17-11-14(13-24)12-18(23)19(17)25-8-5-21(6-9-25)7-10-26(20(21)28)15-1-3-16(27)4-2-15/h11-12,15-16,27H,1-10H2/t15-,16+. The number of nitriles is 1. The highest BCUT2D eigenvalue weighted by molar-refractivity contribution is 5.85. The molecule has 28 heavy (non-hydrogen) atoms. The van der Waals surface area contributed by atoms with Gasteiger partial charge in [-0.15, -0.1) is 0 Å². The highest BCUT2D eigenvalue weighted by atomic mass is 19.1. The van der Waals surface area contributed by atoms with Crippen LogP contribution in [-0.2, 0) is 4.79 Å². The van der Waals surface area contributed by atoms with Crippen molar-refractivity contribution in [2.75, 3.05) is 24.5 Å². The number of piperidine rings is 1. The van der Waals surface area contributed by atoms with Crippen molar-refractivity contribution in [1.82, 2.24) is 4.90 Å². The van der Waals surface area contributed by atoms with Crippen molar-refractivity contribution in [3.05, 3.63) is 29.3 Å². The van der Waals surface area contributed by atoms with Gasteiger partial charge in [-0.25, -0.2) is 8.78 Å². The van der Waals surface area contributed by atoms with E-state index in [9.17, 15) is 18.7 Å². The van der Waals surface area contributed by atoms with Crippen molar-refractivity contribution in [2.24, 2.45) is 5.41 Å². The molecule has 0 unspecified atom stereocenters. The Balaban J connectivity index is 1.44. The molecule has 1 saturated carbocycles. The quantitative estimate of drug-likeness (QED) is 0.845. The van der Waals surface area contributed by atoms with E-state index in [1.807, 2.05) is 4.90 Å². The highest BCUT2D eigenvalue weighted by Crippen LogP contribution is 2.44. The topological polar surface area (TPSA) is 67.6 Å². The molecule has 1 amide bonds. The van der Waals surface area contributed by atoms with Crippen LogP contribution in [0.5, 0.6) is 0 Å². The van der Waals surface area contributed by atoms with Crippen LogP contribution in [0.3, 0.4) is 0 Å². The Morgan fingerprint density at radius 1 is 1.04 bits per heavy atom. The molecule has 150 valence electrons. The maximum atomic E-state index is 14.3. The van der Waals surface area contributed by atoms with E-state index in [-0.39, 0.29) is 29.3 Å². The predicted molar refractivity (Wildman–Crippen MR) is 99.5 cm³/mol. The lowest BCUT2D eigenvalue weighted by atomic mass is 9.76. The Kier molecular flexibility index (Phi) is 5.00. The van der Waals surface area contributed by atoms with Gasteiger partial charge in [-0.1, -0.05) is 0 Å². The van der Waals surface area contributed by atoms with Gasteiger partial charge in [-0.2, -0.15) is 5.26 Å². The van der Waals surface area contributed by atoms with Crippen molar-refractivity contribution in [2.45, 2.75) is 57.1 Å². The maximum Gasteiger partial charge on any atom is 0.229 e. The molecule has 5 nitrogen and oxygen atoms in total. The lowest BCUT2D eigenvalue weighted by molar-refractivity contribution is -0.139. The molecule has 1 N–H and O–H groups in total. The molecule has 2 saturated heterocycles. The molecule has 2 aliphatic heterocycles. The van der Waals surface area contributed by atoms with E-state index in [1.165, 1.54) is 0 Å². The second-order valence-electron chi connectivity index (χ2n) is 8.38. The number of halogens is 2. The fourth-order valence-electron chi connectivity index (χ4n) is 5.12. The summed E-state index contributed by atoms with van der Waals surface area (Å²) in [5.74, 6) is -1.28. The Hall–Kier alpha value is -2.20. The van der Waals surface area contributed by atoms with Gasteiger partial charge in [0, 0.05) is 25.7 Å². The van der Waals surface area contributed by atoms with Crippen LogP contribution in [0.4, 0.5) is 14.5 Å². The number of rotatable bonds is 2. The van der Waals surface area contributed by atoms with Crippen molar-refractivity contribution < 1.29 is 18.7 Å². The van der Waals surface area contributed by atoms with Gasteiger partial charge in [-0.05, 0) is 57.1 Å². The Bertz CT molecular complexity index is 783. The van der Waals surface area contributed by atoms with Crippen molar-refractivity contribution in [3.63, 3.8) is 0 Å².